The summed E-state index contributed by atoms with van der Waals surface area (Å²) in [6.07, 6.45) is 0.677. The van der Waals surface area contributed by atoms with E-state index in [4.69, 9.17) is 9.47 Å². The first-order valence-corrected chi connectivity index (χ1v) is 9.80. The zero-order valence-electron chi connectivity index (χ0n) is 16.2. The van der Waals surface area contributed by atoms with Crippen LogP contribution in [-0.4, -0.2) is 49.5 Å². The van der Waals surface area contributed by atoms with Crippen molar-refractivity contribution in [3.05, 3.63) is 46.1 Å². The van der Waals surface area contributed by atoms with Crippen molar-refractivity contribution in [2.75, 3.05) is 20.0 Å². The summed E-state index contributed by atoms with van der Waals surface area (Å²) < 4.78 is 9.90. The van der Waals surface area contributed by atoms with Crippen LogP contribution < -0.4 is 5.32 Å². The van der Waals surface area contributed by atoms with Crippen molar-refractivity contribution in [1.82, 2.24) is 5.32 Å². The number of hydrogen-bond acceptors (Lipinski definition) is 7. The molecule has 0 saturated heterocycles. The summed E-state index contributed by atoms with van der Waals surface area (Å²) >= 11 is 0.914. The Morgan fingerprint density at radius 3 is 2.25 bits per heavy atom. The third-order valence-electron chi connectivity index (χ3n) is 4.57. The van der Waals surface area contributed by atoms with Crippen molar-refractivity contribution in [1.29, 1.82) is 0 Å². The number of ether oxygens (including phenoxy) is 2. The molecule has 2 rings (SSSR count). The Morgan fingerprint density at radius 1 is 1.11 bits per heavy atom. The van der Waals surface area contributed by atoms with Crippen molar-refractivity contribution in [3.63, 3.8) is 0 Å². The van der Waals surface area contributed by atoms with E-state index >= 15 is 0 Å². The van der Waals surface area contributed by atoms with Crippen LogP contribution in [0.2, 0.25) is 0 Å². The molecule has 1 aliphatic rings. The number of ketones is 2. The first kappa shape index (κ1) is 21.7. The van der Waals surface area contributed by atoms with E-state index in [9.17, 15) is 19.2 Å². The molecule has 1 aliphatic carbocycles. The van der Waals surface area contributed by atoms with E-state index in [2.05, 4.69) is 5.32 Å². The minimum absolute atomic E-state index is 0.0760. The molecule has 0 heterocycles. The molecular weight excluding hydrogens is 382 g/mol. The summed E-state index contributed by atoms with van der Waals surface area (Å²) in [6, 6.07) is 5.70. The topological polar surface area (TPSA) is 98.8 Å². The third kappa shape index (κ3) is 4.44. The molecule has 0 bridgehead atoms. The number of fused-ring (bicyclic) bond motifs is 1. The summed E-state index contributed by atoms with van der Waals surface area (Å²) in [6.45, 7) is 3.74. The summed E-state index contributed by atoms with van der Waals surface area (Å²) in [5.74, 6) is -2.06. The number of amides is 1. The zero-order chi connectivity index (χ0) is 20.8. The second-order valence-corrected chi connectivity index (χ2v) is 7.29. The number of carbonyl (C=O) groups excluding carboxylic acids is 4. The number of Topliss-reactive ketones (excluding diaryl/α,β-unsaturated/α-hetero) is 2. The molecule has 1 unspecified atom stereocenters. The van der Waals surface area contributed by atoms with Crippen molar-refractivity contribution >= 4 is 35.2 Å². The SMILES string of the molecule is CCC(C)[C@H](NC(=O)CSC1=C(OC)C(=O)c2ccccc2C1=O)C(=O)OC. The molecule has 150 valence electrons. The molecule has 28 heavy (non-hydrogen) atoms. The number of benzene rings is 1. The number of nitrogens with one attached hydrogen (secondary N) is 1. The highest BCUT2D eigenvalue weighted by molar-refractivity contribution is 8.04. The Kier molecular flexibility index (Phi) is 7.39. The van der Waals surface area contributed by atoms with Gasteiger partial charge in [0.15, 0.2) is 5.76 Å². The van der Waals surface area contributed by atoms with Gasteiger partial charge in [-0.3, -0.25) is 14.4 Å². The van der Waals surface area contributed by atoms with Crippen LogP contribution in [0.5, 0.6) is 0 Å². The number of carbonyl (C=O) groups is 4. The Hall–Kier alpha value is -2.61. The Bertz CT molecular complexity index is 832. The minimum atomic E-state index is -0.775. The largest absolute Gasteiger partial charge is 0.491 e. The van der Waals surface area contributed by atoms with Crippen LogP contribution in [0.25, 0.3) is 0 Å². The van der Waals surface area contributed by atoms with Gasteiger partial charge < -0.3 is 14.8 Å². The lowest BCUT2D eigenvalue weighted by Gasteiger charge is -2.22. The van der Waals surface area contributed by atoms with E-state index in [0.29, 0.717) is 6.42 Å². The van der Waals surface area contributed by atoms with Gasteiger partial charge in [-0.05, 0) is 5.92 Å². The van der Waals surface area contributed by atoms with Crippen LogP contribution >= 0.6 is 11.8 Å². The van der Waals surface area contributed by atoms with Crippen molar-refractivity contribution in [3.8, 4) is 0 Å². The van der Waals surface area contributed by atoms with E-state index in [1.165, 1.54) is 14.2 Å². The first-order valence-electron chi connectivity index (χ1n) is 8.82. The average molecular weight is 405 g/mol. The second kappa shape index (κ2) is 9.54. The van der Waals surface area contributed by atoms with Gasteiger partial charge in [0, 0.05) is 11.1 Å². The van der Waals surface area contributed by atoms with Gasteiger partial charge in [0.1, 0.15) is 10.9 Å². The van der Waals surface area contributed by atoms with Crippen LogP contribution in [0.4, 0.5) is 0 Å². The van der Waals surface area contributed by atoms with Crippen LogP contribution in [0.1, 0.15) is 41.0 Å². The molecule has 0 radical (unpaired) electrons. The molecule has 0 fully saturated rings. The van der Waals surface area contributed by atoms with E-state index in [-0.39, 0.29) is 39.2 Å². The fourth-order valence-electron chi connectivity index (χ4n) is 2.80. The molecule has 0 saturated carbocycles. The van der Waals surface area contributed by atoms with E-state index in [1.54, 1.807) is 24.3 Å². The lowest BCUT2D eigenvalue weighted by atomic mass is 9.93. The molecule has 8 heteroatoms. The van der Waals surface area contributed by atoms with Crippen molar-refractivity contribution < 1.29 is 28.7 Å². The number of hydrogen-bond donors (Lipinski definition) is 1. The predicted molar refractivity (Wildman–Crippen MR) is 105 cm³/mol. The molecule has 1 amide bonds. The van der Waals surface area contributed by atoms with Crippen molar-refractivity contribution in [2.45, 2.75) is 26.3 Å². The zero-order valence-corrected chi connectivity index (χ0v) is 17.1. The predicted octanol–water partition coefficient (Wildman–Crippen LogP) is 2.36. The molecular formula is C20H23NO6S. The van der Waals surface area contributed by atoms with Gasteiger partial charge in [0.25, 0.3) is 0 Å². The normalized spacial score (nSPS) is 15.6. The quantitative estimate of drug-likeness (QED) is 0.663. The van der Waals surface area contributed by atoms with Crippen molar-refractivity contribution in [2.24, 2.45) is 5.92 Å². The molecule has 0 aliphatic heterocycles. The summed E-state index contributed by atoms with van der Waals surface area (Å²) in [5.41, 5.74) is 0.559. The number of rotatable bonds is 8. The Balaban J connectivity index is 2.16. The summed E-state index contributed by atoms with van der Waals surface area (Å²) in [4.78, 5) is 49.7. The fourth-order valence-corrected chi connectivity index (χ4v) is 3.70. The Morgan fingerprint density at radius 2 is 1.71 bits per heavy atom. The van der Waals surface area contributed by atoms with Crippen LogP contribution in [0, 0.1) is 5.92 Å². The van der Waals surface area contributed by atoms with E-state index in [0.717, 1.165) is 11.8 Å². The number of thioether (sulfide) groups is 1. The fraction of sp³-hybridized carbons (Fsp3) is 0.400. The number of allylic oxidation sites excluding steroid dienone is 2. The number of methoxy groups -OCH3 is 2. The van der Waals surface area contributed by atoms with Gasteiger partial charge in [-0.15, -0.1) is 11.8 Å². The summed E-state index contributed by atoms with van der Waals surface area (Å²) in [7, 11) is 2.57. The lowest BCUT2D eigenvalue weighted by molar-refractivity contribution is -0.146. The van der Waals surface area contributed by atoms with Crippen LogP contribution in [0.15, 0.2) is 34.9 Å². The molecule has 0 spiro atoms. The third-order valence-corrected chi connectivity index (χ3v) is 5.64. The minimum Gasteiger partial charge on any atom is -0.491 e. The first-order chi connectivity index (χ1) is 13.3. The van der Waals surface area contributed by atoms with Gasteiger partial charge in [-0.25, -0.2) is 4.79 Å². The molecule has 1 aromatic rings. The molecule has 0 aromatic heterocycles. The highest BCUT2D eigenvalue weighted by Gasteiger charge is 2.34. The maximum atomic E-state index is 12.8. The maximum Gasteiger partial charge on any atom is 0.328 e. The van der Waals surface area contributed by atoms with E-state index in [1.807, 2.05) is 13.8 Å². The molecule has 1 aromatic carbocycles. The smallest absolute Gasteiger partial charge is 0.328 e. The second-order valence-electron chi connectivity index (χ2n) is 6.31. The molecule has 7 nitrogen and oxygen atoms in total. The lowest BCUT2D eigenvalue weighted by Crippen LogP contribution is -2.46. The maximum absolute atomic E-state index is 12.8. The highest BCUT2D eigenvalue weighted by atomic mass is 32.2. The standard InChI is InChI=1S/C20H23NO6S/c1-5-11(2)15(20(25)27-4)21-14(22)10-28-19-17(24)13-9-7-6-8-12(13)16(23)18(19)26-3/h6-9,11,15H,5,10H2,1-4H3,(H,21,22)/t11?,15-/m0/s1. The van der Waals surface area contributed by atoms with Gasteiger partial charge >= 0.3 is 5.97 Å². The average Bonchev–Trinajstić information content (AvgIpc) is 2.72. The van der Waals surface area contributed by atoms with E-state index < -0.39 is 23.7 Å². The van der Waals surface area contributed by atoms with Gasteiger partial charge in [0.05, 0.1) is 20.0 Å². The van der Waals surface area contributed by atoms with Crippen LogP contribution in [-0.2, 0) is 19.1 Å². The van der Waals surface area contributed by atoms with Gasteiger partial charge in [-0.2, -0.15) is 0 Å². The Labute approximate surface area is 167 Å². The molecule has 2 atom stereocenters. The summed E-state index contributed by atoms with van der Waals surface area (Å²) in [5, 5.41) is 2.64. The number of esters is 1. The van der Waals surface area contributed by atoms with Crippen LogP contribution in [0.3, 0.4) is 0 Å². The van der Waals surface area contributed by atoms with Gasteiger partial charge in [-0.1, -0.05) is 44.5 Å². The van der Waals surface area contributed by atoms with Gasteiger partial charge in [0.2, 0.25) is 17.5 Å². The highest BCUT2D eigenvalue weighted by Crippen LogP contribution is 2.33. The molecule has 1 N–H and O–H groups in total. The monoisotopic (exact) mass is 405 g/mol.